The molecule has 1 aliphatic rings. The number of hydrogen-bond donors (Lipinski definition) is 2. The molecule has 0 spiro atoms. The van der Waals surface area contributed by atoms with Gasteiger partial charge in [0.2, 0.25) is 0 Å². The molecule has 2 N–H and O–H groups in total. The maximum absolute atomic E-state index is 11.9. The van der Waals surface area contributed by atoms with E-state index in [2.05, 4.69) is 5.32 Å². The lowest BCUT2D eigenvalue weighted by Gasteiger charge is -2.36. The van der Waals surface area contributed by atoms with Crippen molar-refractivity contribution >= 4 is 5.91 Å². The van der Waals surface area contributed by atoms with Gasteiger partial charge in [-0.25, -0.2) is 0 Å². The maximum atomic E-state index is 11.9. The summed E-state index contributed by atoms with van der Waals surface area (Å²) in [5.41, 5.74) is -0.102. The van der Waals surface area contributed by atoms with Gasteiger partial charge in [-0.15, -0.1) is 0 Å². The third kappa shape index (κ3) is 3.70. The fraction of sp³-hybridized carbons (Fsp3) is 0.533. The van der Waals surface area contributed by atoms with E-state index in [1.165, 1.54) is 0 Å². The van der Waals surface area contributed by atoms with Gasteiger partial charge in [-0.2, -0.15) is 0 Å². The molecule has 0 atom stereocenters. The number of aliphatic hydroxyl groups is 1. The van der Waals surface area contributed by atoms with Crippen LogP contribution in [0.25, 0.3) is 0 Å². The first kappa shape index (κ1) is 13.9. The zero-order valence-corrected chi connectivity index (χ0v) is 11.5. The second kappa shape index (κ2) is 5.61. The van der Waals surface area contributed by atoms with Crippen LogP contribution in [0.3, 0.4) is 0 Å². The van der Waals surface area contributed by atoms with Gasteiger partial charge in [-0.1, -0.05) is 0 Å². The highest BCUT2D eigenvalue weighted by molar-refractivity contribution is 5.94. The highest BCUT2D eigenvalue weighted by atomic mass is 16.5. The van der Waals surface area contributed by atoms with Gasteiger partial charge in [0.15, 0.2) is 0 Å². The summed E-state index contributed by atoms with van der Waals surface area (Å²) in [6.07, 6.45) is 2.70. The van der Waals surface area contributed by atoms with E-state index in [1.807, 2.05) is 13.8 Å². The van der Waals surface area contributed by atoms with E-state index in [0.717, 1.165) is 25.0 Å². The standard InChI is InChI=1S/C15H21NO3/c1-11(2)19-13-6-4-12(5-7-13)14(17)16-10-15(18)8-3-9-15/h4-7,11,18H,3,8-10H2,1-2H3,(H,16,17). The Hall–Kier alpha value is -1.55. The second-order valence-corrected chi connectivity index (χ2v) is 5.45. The van der Waals surface area contributed by atoms with Gasteiger partial charge in [0.05, 0.1) is 11.7 Å². The molecule has 0 aliphatic heterocycles. The molecule has 0 saturated heterocycles. The predicted molar refractivity (Wildman–Crippen MR) is 73.3 cm³/mol. The summed E-state index contributed by atoms with van der Waals surface area (Å²) >= 11 is 0. The number of rotatable bonds is 5. The molecule has 19 heavy (non-hydrogen) atoms. The molecule has 0 bridgehead atoms. The quantitative estimate of drug-likeness (QED) is 0.855. The minimum Gasteiger partial charge on any atom is -0.491 e. The van der Waals surface area contributed by atoms with Crippen molar-refractivity contribution in [3.05, 3.63) is 29.8 Å². The van der Waals surface area contributed by atoms with Crippen molar-refractivity contribution in [1.29, 1.82) is 0 Å². The highest BCUT2D eigenvalue weighted by Gasteiger charge is 2.34. The third-order valence-corrected chi connectivity index (χ3v) is 3.35. The fourth-order valence-electron chi connectivity index (χ4n) is 2.07. The van der Waals surface area contributed by atoms with Crippen molar-refractivity contribution in [1.82, 2.24) is 5.32 Å². The summed E-state index contributed by atoms with van der Waals surface area (Å²) in [6.45, 7) is 4.25. The van der Waals surface area contributed by atoms with E-state index in [0.29, 0.717) is 12.1 Å². The van der Waals surface area contributed by atoms with Crippen molar-refractivity contribution in [3.8, 4) is 5.75 Å². The van der Waals surface area contributed by atoms with Crippen LogP contribution in [0.1, 0.15) is 43.5 Å². The molecule has 1 aliphatic carbocycles. The van der Waals surface area contributed by atoms with Gasteiger partial charge in [0, 0.05) is 12.1 Å². The molecule has 1 aromatic carbocycles. The van der Waals surface area contributed by atoms with E-state index >= 15 is 0 Å². The van der Waals surface area contributed by atoms with Gasteiger partial charge in [0.1, 0.15) is 5.75 Å². The molecule has 104 valence electrons. The van der Waals surface area contributed by atoms with Crippen LogP contribution >= 0.6 is 0 Å². The van der Waals surface area contributed by atoms with Gasteiger partial charge in [0.25, 0.3) is 5.91 Å². The summed E-state index contributed by atoms with van der Waals surface area (Å²) in [5.74, 6) is 0.598. The van der Waals surface area contributed by atoms with Crippen LogP contribution < -0.4 is 10.1 Å². The van der Waals surface area contributed by atoms with E-state index in [1.54, 1.807) is 24.3 Å². The number of hydrogen-bond acceptors (Lipinski definition) is 3. The molecule has 0 aromatic heterocycles. The van der Waals surface area contributed by atoms with E-state index in [4.69, 9.17) is 4.74 Å². The van der Waals surface area contributed by atoms with Crippen molar-refractivity contribution in [2.75, 3.05) is 6.54 Å². The Morgan fingerprint density at radius 3 is 2.47 bits per heavy atom. The predicted octanol–water partition coefficient (Wildman–Crippen LogP) is 2.12. The first-order valence-electron chi connectivity index (χ1n) is 6.76. The fourth-order valence-corrected chi connectivity index (χ4v) is 2.07. The van der Waals surface area contributed by atoms with Gasteiger partial charge in [-0.3, -0.25) is 4.79 Å². The molecular formula is C15H21NO3. The average Bonchev–Trinajstić information content (AvgIpc) is 2.34. The van der Waals surface area contributed by atoms with Crippen LogP contribution in [0.5, 0.6) is 5.75 Å². The zero-order valence-electron chi connectivity index (χ0n) is 11.5. The summed E-state index contributed by atoms with van der Waals surface area (Å²) < 4.78 is 5.52. The largest absolute Gasteiger partial charge is 0.491 e. The number of benzene rings is 1. The Morgan fingerprint density at radius 1 is 1.37 bits per heavy atom. The molecule has 1 aromatic rings. The molecule has 0 unspecified atom stereocenters. The highest BCUT2D eigenvalue weighted by Crippen LogP contribution is 2.30. The van der Waals surface area contributed by atoms with Gasteiger partial charge >= 0.3 is 0 Å². The monoisotopic (exact) mass is 263 g/mol. The molecule has 0 heterocycles. The SMILES string of the molecule is CC(C)Oc1ccc(C(=O)NCC2(O)CCC2)cc1. The van der Waals surface area contributed by atoms with Crippen molar-refractivity contribution in [3.63, 3.8) is 0 Å². The molecule has 1 saturated carbocycles. The Kier molecular flexibility index (Phi) is 4.10. The smallest absolute Gasteiger partial charge is 0.251 e. The molecule has 1 fully saturated rings. The Labute approximate surface area is 113 Å². The zero-order chi connectivity index (χ0) is 13.9. The Bertz CT molecular complexity index is 435. The number of ether oxygens (including phenoxy) is 1. The summed E-state index contributed by atoms with van der Waals surface area (Å²) in [4.78, 5) is 11.9. The van der Waals surface area contributed by atoms with Crippen LogP contribution in [-0.2, 0) is 0 Å². The summed E-state index contributed by atoms with van der Waals surface area (Å²) in [5, 5.41) is 12.7. The lowest BCUT2D eigenvalue weighted by atomic mass is 9.80. The van der Waals surface area contributed by atoms with Gasteiger partial charge < -0.3 is 15.2 Å². The first-order valence-corrected chi connectivity index (χ1v) is 6.76. The number of amides is 1. The molecule has 4 heteroatoms. The second-order valence-electron chi connectivity index (χ2n) is 5.45. The lowest BCUT2D eigenvalue weighted by molar-refractivity contribution is -0.0300. The van der Waals surface area contributed by atoms with E-state index in [9.17, 15) is 9.90 Å². The van der Waals surface area contributed by atoms with Crippen molar-refractivity contribution in [2.24, 2.45) is 0 Å². The first-order chi connectivity index (χ1) is 8.98. The molecule has 4 nitrogen and oxygen atoms in total. The topological polar surface area (TPSA) is 58.6 Å². The third-order valence-electron chi connectivity index (χ3n) is 3.35. The van der Waals surface area contributed by atoms with Crippen LogP contribution in [0, 0.1) is 0 Å². The number of carbonyl (C=O) groups is 1. The molecular weight excluding hydrogens is 242 g/mol. The van der Waals surface area contributed by atoms with Crippen LogP contribution in [-0.4, -0.2) is 29.3 Å². The van der Waals surface area contributed by atoms with Crippen molar-refractivity contribution in [2.45, 2.75) is 44.8 Å². The molecule has 1 amide bonds. The van der Waals surface area contributed by atoms with E-state index in [-0.39, 0.29) is 12.0 Å². The number of nitrogens with one attached hydrogen (secondary N) is 1. The van der Waals surface area contributed by atoms with Crippen LogP contribution in [0.15, 0.2) is 24.3 Å². The van der Waals surface area contributed by atoms with Gasteiger partial charge in [-0.05, 0) is 57.4 Å². The minimum atomic E-state index is -0.684. The van der Waals surface area contributed by atoms with Crippen LogP contribution in [0.4, 0.5) is 0 Å². The normalized spacial score (nSPS) is 16.8. The number of carbonyl (C=O) groups excluding carboxylic acids is 1. The summed E-state index contributed by atoms with van der Waals surface area (Å²) in [6, 6.07) is 7.04. The van der Waals surface area contributed by atoms with E-state index < -0.39 is 5.60 Å². The van der Waals surface area contributed by atoms with Crippen LogP contribution in [0.2, 0.25) is 0 Å². The molecule has 0 radical (unpaired) electrons. The Morgan fingerprint density at radius 2 is 2.00 bits per heavy atom. The summed E-state index contributed by atoms with van der Waals surface area (Å²) in [7, 11) is 0. The molecule has 2 rings (SSSR count). The van der Waals surface area contributed by atoms with Crippen molar-refractivity contribution < 1.29 is 14.6 Å². The minimum absolute atomic E-state index is 0.118. The maximum Gasteiger partial charge on any atom is 0.251 e. The average molecular weight is 263 g/mol. The Balaban J connectivity index is 1.88. The lowest BCUT2D eigenvalue weighted by Crippen LogP contribution is -2.47.